The molecule has 1 rings (SSSR count). The Morgan fingerprint density at radius 2 is 1.94 bits per heavy atom. The Morgan fingerprint density at radius 3 is 2.44 bits per heavy atom. The van der Waals surface area contributed by atoms with Crippen molar-refractivity contribution in [3.63, 3.8) is 0 Å². The summed E-state index contributed by atoms with van der Waals surface area (Å²) in [4.78, 5) is 0. The van der Waals surface area contributed by atoms with Crippen molar-refractivity contribution in [3.8, 4) is 6.07 Å². The minimum Gasteiger partial charge on any atom is -0.193 e. The Hall–Kier alpha value is -1.81. The van der Waals surface area contributed by atoms with E-state index in [2.05, 4.69) is 44.3 Å². The maximum Gasteiger partial charge on any atom is 0.0905 e. The zero-order chi connectivity index (χ0) is 12.2. The maximum absolute atomic E-state index is 7.51. The largest absolute Gasteiger partial charge is 0.193 e. The molecule has 0 aromatic heterocycles. The van der Waals surface area contributed by atoms with Crippen LogP contribution >= 0.6 is 0 Å². The van der Waals surface area contributed by atoms with Gasteiger partial charge >= 0.3 is 0 Å². The monoisotopic (exact) mass is 213 g/mol. The van der Waals surface area contributed by atoms with E-state index >= 15 is 0 Å². The first kappa shape index (κ1) is 14.2. The van der Waals surface area contributed by atoms with Gasteiger partial charge in [0, 0.05) is 6.08 Å². The van der Waals surface area contributed by atoms with Crippen LogP contribution in [0.1, 0.15) is 30.9 Å². The zero-order valence-electron chi connectivity index (χ0n) is 9.95. The summed E-state index contributed by atoms with van der Waals surface area (Å²) in [6.07, 6.45) is 6.82. The molecule has 0 saturated heterocycles. The molecule has 84 valence electrons. The quantitative estimate of drug-likeness (QED) is 0.681. The summed E-state index contributed by atoms with van der Waals surface area (Å²) in [5.41, 5.74) is 2.71. The van der Waals surface area contributed by atoms with Crippen LogP contribution < -0.4 is 0 Å². The molecular formula is C15H19N. The van der Waals surface area contributed by atoms with Crippen molar-refractivity contribution in [1.29, 1.82) is 5.26 Å². The Balaban J connectivity index is 0.000000487. The smallest absolute Gasteiger partial charge is 0.0905 e. The summed E-state index contributed by atoms with van der Waals surface area (Å²) in [7, 11) is 0. The Morgan fingerprint density at radius 1 is 1.31 bits per heavy atom. The van der Waals surface area contributed by atoms with Gasteiger partial charge in [0.15, 0.2) is 0 Å². The van der Waals surface area contributed by atoms with E-state index in [4.69, 9.17) is 5.26 Å². The highest BCUT2D eigenvalue weighted by molar-refractivity contribution is 5.51. The van der Waals surface area contributed by atoms with E-state index in [1.165, 1.54) is 36.5 Å². The molecule has 1 aromatic rings. The fourth-order valence-corrected chi connectivity index (χ4v) is 1.33. The Kier molecular flexibility index (Phi) is 8.63. The molecule has 0 fully saturated rings. The van der Waals surface area contributed by atoms with Crippen LogP contribution in [0, 0.1) is 11.3 Å². The highest BCUT2D eigenvalue weighted by Crippen LogP contribution is 2.12. The standard InChI is InChI=1S/C12H16.C3H3N/c1-3-5-8-12-10-7-6-9-11(12)4-2;1-2-3-4/h4,6-7,9-10H,2-3,5,8H2,1H3;2H,1H2. The van der Waals surface area contributed by atoms with E-state index in [0.717, 1.165) is 0 Å². The lowest BCUT2D eigenvalue weighted by Crippen LogP contribution is -1.87. The number of hydrogen-bond donors (Lipinski definition) is 0. The molecule has 1 nitrogen and oxygen atoms in total. The van der Waals surface area contributed by atoms with Crippen LogP contribution in [0.2, 0.25) is 0 Å². The number of rotatable bonds is 4. The van der Waals surface area contributed by atoms with Crippen LogP contribution in [0.5, 0.6) is 0 Å². The van der Waals surface area contributed by atoms with E-state index in [9.17, 15) is 0 Å². The average Bonchev–Trinajstić information content (AvgIpc) is 2.37. The average molecular weight is 213 g/mol. The zero-order valence-corrected chi connectivity index (χ0v) is 9.95. The molecule has 1 aromatic carbocycles. The molecule has 0 bridgehead atoms. The first-order chi connectivity index (χ1) is 7.79. The molecule has 0 N–H and O–H groups in total. The van der Waals surface area contributed by atoms with Gasteiger partial charge in [-0.1, -0.05) is 56.8 Å². The van der Waals surface area contributed by atoms with Gasteiger partial charge in [0.05, 0.1) is 6.07 Å². The molecule has 0 amide bonds. The van der Waals surface area contributed by atoms with Crippen molar-refractivity contribution >= 4 is 6.08 Å². The third-order valence-electron chi connectivity index (χ3n) is 2.17. The van der Waals surface area contributed by atoms with Gasteiger partial charge in [0.1, 0.15) is 0 Å². The minimum atomic E-state index is 1.18. The second-order valence-electron chi connectivity index (χ2n) is 3.34. The summed E-state index contributed by atoms with van der Waals surface area (Å²) >= 11 is 0. The number of aryl methyl sites for hydroxylation is 1. The SMILES string of the molecule is C=CC#N.C=Cc1ccccc1CCCC. The molecule has 0 atom stereocenters. The third kappa shape index (κ3) is 5.82. The first-order valence-corrected chi connectivity index (χ1v) is 5.51. The summed E-state index contributed by atoms with van der Waals surface area (Å²) in [6, 6.07) is 10.2. The summed E-state index contributed by atoms with van der Waals surface area (Å²) in [6.45, 7) is 9.14. The van der Waals surface area contributed by atoms with Gasteiger partial charge in [-0.15, -0.1) is 0 Å². The van der Waals surface area contributed by atoms with E-state index in [-0.39, 0.29) is 0 Å². The molecular weight excluding hydrogens is 194 g/mol. The van der Waals surface area contributed by atoms with Crippen molar-refractivity contribution in [1.82, 2.24) is 0 Å². The van der Waals surface area contributed by atoms with Crippen LogP contribution in [0.3, 0.4) is 0 Å². The van der Waals surface area contributed by atoms with Crippen LogP contribution in [0.15, 0.2) is 43.5 Å². The molecule has 1 heteroatoms. The second-order valence-corrected chi connectivity index (χ2v) is 3.34. The molecule has 0 unspecified atom stereocenters. The molecule has 16 heavy (non-hydrogen) atoms. The highest BCUT2D eigenvalue weighted by Gasteiger charge is 1.95. The van der Waals surface area contributed by atoms with Crippen molar-refractivity contribution in [2.75, 3.05) is 0 Å². The van der Waals surface area contributed by atoms with Crippen LogP contribution in [0.4, 0.5) is 0 Å². The summed E-state index contributed by atoms with van der Waals surface area (Å²) in [5.74, 6) is 0. The molecule has 0 saturated carbocycles. The predicted octanol–water partition coefficient (Wildman–Crippen LogP) is 4.37. The lowest BCUT2D eigenvalue weighted by atomic mass is 10.0. The van der Waals surface area contributed by atoms with Gasteiger partial charge in [0.25, 0.3) is 0 Å². The number of allylic oxidation sites excluding steroid dienone is 1. The predicted molar refractivity (Wildman–Crippen MR) is 71.0 cm³/mol. The van der Waals surface area contributed by atoms with Crippen molar-refractivity contribution in [2.24, 2.45) is 0 Å². The lowest BCUT2D eigenvalue weighted by Gasteiger charge is -2.03. The van der Waals surface area contributed by atoms with Crippen molar-refractivity contribution in [3.05, 3.63) is 54.6 Å². The number of hydrogen-bond acceptors (Lipinski definition) is 1. The minimum absolute atomic E-state index is 1.18. The number of unbranched alkanes of at least 4 members (excludes halogenated alkanes) is 1. The van der Waals surface area contributed by atoms with E-state index in [1.807, 2.05) is 6.08 Å². The number of nitrogens with zero attached hydrogens (tertiary/aromatic N) is 1. The third-order valence-corrected chi connectivity index (χ3v) is 2.17. The molecule has 0 spiro atoms. The van der Waals surface area contributed by atoms with Crippen LogP contribution in [-0.2, 0) is 6.42 Å². The van der Waals surface area contributed by atoms with Gasteiger partial charge in [-0.3, -0.25) is 0 Å². The Bertz CT molecular complexity index is 358. The van der Waals surface area contributed by atoms with Crippen LogP contribution in [-0.4, -0.2) is 0 Å². The fourth-order valence-electron chi connectivity index (χ4n) is 1.33. The van der Waals surface area contributed by atoms with Gasteiger partial charge in [-0.25, -0.2) is 0 Å². The number of nitriles is 1. The van der Waals surface area contributed by atoms with Gasteiger partial charge in [-0.2, -0.15) is 5.26 Å². The van der Waals surface area contributed by atoms with E-state index in [0.29, 0.717) is 0 Å². The Labute approximate surface area is 98.7 Å². The van der Waals surface area contributed by atoms with Gasteiger partial charge in [0.2, 0.25) is 0 Å². The molecule has 0 aliphatic rings. The van der Waals surface area contributed by atoms with E-state index in [1.54, 1.807) is 6.07 Å². The molecule has 0 aliphatic heterocycles. The van der Waals surface area contributed by atoms with Crippen molar-refractivity contribution < 1.29 is 0 Å². The molecule has 0 heterocycles. The molecule has 0 aliphatic carbocycles. The topological polar surface area (TPSA) is 23.8 Å². The second kappa shape index (κ2) is 9.73. The summed E-state index contributed by atoms with van der Waals surface area (Å²) in [5, 5.41) is 7.51. The lowest BCUT2D eigenvalue weighted by molar-refractivity contribution is 0.794. The maximum atomic E-state index is 7.51. The van der Waals surface area contributed by atoms with Gasteiger partial charge < -0.3 is 0 Å². The van der Waals surface area contributed by atoms with Crippen molar-refractivity contribution in [2.45, 2.75) is 26.2 Å². The normalized spacial score (nSPS) is 8.25. The molecule has 0 radical (unpaired) electrons. The summed E-state index contributed by atoms with van der Waals surface area (Å²) < 4.78 is 0. The highest BCUT2D eigenvalue weighted by atomic mass is 14.2. The first-order valence-electron chi connectivity index (χ1n) is 5.51. The number of benzene rings is 1. The van der Waals surface area contributed by atoms with E-state index < -0.39 is 0 Å². The van der Waals surface area contributed by atoms with Crippen LogP contribution in [0.25, 0.3) is 6.08 Å². The fraction of sp³-hybridized carbons (Fsp3) is 0.267. The van der Waals surface area contributed by atoms with Gasteiger partial charge in [-0.05, 0) is 24.0 Å².